The normalized spacial score (nSPS) is 19.9. The molecule has 26 heavy (non-hydrogen) atoms. The standard InChI is InChI=1S/C16H21N5O3S2/c22-16(19-8-3-13(4-9-19)20-11-17-18-12-20)15-14(5-10-25-15)26(23,24)21-6-1-2-7-21/h5,10-13H,1-4,6-9H2. The van der Waals surface area contributed by atoms with Crippen molar-refractivity contribution in [3.63, 3.8) is 0 Å². The fourth-order valence-corrected chi connectivity index (χ4v) is 6.51. The van der Waals surface area contributed by atoms with Crippen molar-refractivity contribution in [2.45, 2.75) is 36.6 Å². The Balaban J connectivity index is 1.49. The van der Waals surface area contributed by atoms with E-state index < -0.39 is 10.0 Å². The molecule has 2 fully saturated rings. The molecule has 0 aliphatic carbocycles. The summed E-state index contributed by atoms with van der Waals surface area (Å²) in [5.41, 5.74) is 0. The van der Waals surface area contributed by atoms with Gasteiger partial charge in [0.25, 0.3) is 5.91 Å². The first-order valence-corrected chi connectivity index (χ1v) is 11.1. The van der Waals surface area contributed by atoms with Gasteiger partial charge >= 0.3 is 0 Å². The molecule has 2 aliphatic heterocycles. The average molecular weight is 396 g/mol. The number of amides is 1. The molecule has 0 N–H and O–H groups in total. The lowest BCUT2D eigenvalue weighted by molar-refractivity contribution is 0.0695. The molecule has 0 spiro atoms. The summed E-state index contributed by atoms with van der Waals surface area (Å²) in [6.45, 7) is 2.28. The molecule has 1 amide bonds. The quantitative estimate of drug-likeness (QED) is 0.785. The number of rotatable bonds is 4. The number of sulfonamides is 1. The highest BCUT2D eigenvalue weighted by molar-refractivity contribution is 7.89. The molecule has 2 aromatic heterocycles. The predicted molar refractivity (Wildman–Crippen MR) is 96.5 cm³/mol. The first-order chi connectivity index (χ1) is 12.6. The van der Waals surface area contributed by atoms with Gasteiger partial charge < -0.3 is 9.47 Å². The molecule has 8 nitrogen and oxygen atoms in total. The van der Waals surface area contributed by atoms with Crippen LogP contribution in [0.1, 0.15) is 41.4 Å². The monoisotopic (exact) mass is 395 g/mol. The van der Waals surface area contributed by atoms with Crippen LogP contribution >= 0.6 is 11.3 Å². The molecule has 4 heterocycles. The predicted octanol–water partition coefficient (Wildman–Crippen LogP) is 1.60. The molecule has 2 saturated heterocycles. The molecule has 0 aromatic carbocycles. The van der Waals surface area contributed by atoms with E-state index in [1.54, 1.807) is 29.0 Å². The van der Waals surface area contributed by atoms with E-state index in [1.807, 2.05) is 4.57 Å². The van der Waals surface area contributed by atoms with Gasteiger partial charge in [-0.25, -0.2) is 8.42 Å². The van der Waals surface area contributed by atoms with Crippen LogP contribution in [0, 0.1) is 0 Å². The minimum atomic E-state index is -3.58. The van der Waals surface area contributed by atoms with Crippen LogP contribution in [0.3, 0.4) is 0 Å². The van der Waals surface area contributed by atoms with Crippen molar-refractivity contribution >= 4 is 27.3 Å². The molecule has 0 atom stereocenters. The second kappa shape index (κ2) is 7.09. The number of piperidine rings is 1. The van der Waals surface area contributed by atoms with E-state index in [-0.39, 0.29) is 16.8 Å². The molecule has 0 unspecified atom stereocenters. The zero-order valence-corrected chi connectivity index (χ0v) is 16.0. The lowest BCUT2D eigenvalue weighted by atomic mass is 10.0. The van der Waals surface area contributed by atoms with Crippen LogP contribution in [-0.4, -0.2) is 64.5 Å². The maximum Gasteiger partial charge on any atom is 0.265 e. The summed E-state index contributed by atoms with van der Waals surface area (Å²) in [5.74, 6) is -0.181. The third-order valence-electron chi connectivity index (χ3n) is 5.12. The zero-order valence-electron chi connectivity index (χ0n) is 14.3. The summed E-state index contributed by atoms with van der Waals surface area (Å²) in [5, 5.41) is 9.36. The molecular weight excluding hydrogens is 374 g/mol. The Kier molecular flexibility index (Phi) is 4.80. The third-order valence-corrected chi connectivity index (χ3v) is 8.09. The van der Waals surface area contributed by atoms with Crippen molar-refractivity contribution in [1.82, 2.24) is 24.0 Å². The largest absolute Gasteiger partial charge is 0.338 e. The van der Waals surface area contributed by atoms with Crippen LogP contribution in [0.2, 0.25) is 0 Å². The molecule has 2 aliphatic rings. The van der Waals surface area contributed by atoms with Crippen LogP contribution in [0.5, 0.6) is 0 Å². The number of carbonyl (C=O) groups excluding carboxylic acids is 1. The molecule has 140 valence electrons. The summed E-state index contributed by atoms with van der Waals surface area (Å²) in [6, 6.07) is 1.85. The summed E-state index contributed by atoms with van der Waals surface area (Å²) >= 11 is 1.21. The van der Waals surface area contributed by atoms with Crippen molar-refractivity contribution in [3.8, 4) is 0 Å². The fourth-order valence-electron chi connectivity index (χ4n) is 3.63. The number of hydrogen-bond acceptors (Lipinski definition) is 6. The van der Waals surface area contributed by atoms with Crippen molar-refractivity contribution < 1.29 is 13.2 Å². The Hall–Kier alpha value is -1.78. The minimum Gasteiger partial charge on any atom is -0.338 e. The van der Waals surface area contributed by atoms with Gasteiger partial charge in [0.15, 0.2) is 0 Å². The van der Waals surface area contributed by atoms with E-state index in [0.29, 0.717) is 31.1 Å². The van der Waals surface area contributed by atoms with Gasteiger partial charge in [-0.15, -0.1) is 21.5 Å². The van der Waals surface area contributed by atoms with Gasteiger partial charge in [-0.3, -0.25) is 4.79 Å². The first-order valence-electron chi connectivity index (χ1n) is 8.78. The zero-order chi connectivity index (χ0) is 18.1. The number of thiophene rings is 1. The number of aromatic nitrogens is 3. The van der Waals surface area contributed by atoms with Crippen LogP contribution in [0.25, 0.3) is 0 Å². The molecule has 2 aromatic rings. The van der Waals surface area contributed by atoms with E-state index in [0.717, 1.165) is 25.7 Å². The van der Waals surface area contributed by atoms with E-state index in [1.165, 1.54) is 15.6 Å². The summed E-state index contributed by atoms with van der Waals surface area (Å²) in [4.78, 5) is 15.2. The van der Waals surface area contributed by atoms with E-state index >= 15 is 0 Å². The van der Waals surface area contributed by atoms with Gasteiger partial charge in [0, 0.05) is 32.2 Å². The highest BCUT2D eigenvalue weighted by atomic mass is 32.2. The lowest BCUT2D eigenvalue weighted by Crippen LogP contribution is -2.39. The van der Waals surface area contributed by atoms with Crippen molar-refractivity contribution in [3.05, 3.63) is 29.0 Å². The molecule has 10 heteroatoms. The number of likely N-dealkylation sites (tertiary alicyclic amines) is 1. The van der Waals surface area contributed by atoms with Gasteiger partial charge in [0.05, 0.1) is 0 Å². The Bertz CT molecular complexity index is 864. The van der Waals surface area contributed by atoms with Crippen molar-refractivity contribution in [2.75, 3.05) is 26.2 Å². The molecule has 0 saturated carbocycles. The molecule has 0 bridgehead atoms. The maximum absolute atomic E-state index is 13.0. The Morgan fingerprint density at radius 3 is 2.38 bits per heavy atom. The van der Waals surface area contributed by atoms with Crippen LogP contribution < -0.4 is 0 Å². The summed E-state index contributed by atoms with van der Waals surface area (Å²) in [6.07, 6.45) is 6.77. The minimum absolute atomic E-state index is 0.162. The lowest BCUT2D eigenvalue weighted by Gasteiger charge is -2.32. The van der Waals surface area contributed by atoms with Gasteiger partial charge in [0.1, 0.15) is 22.4 Å². The topological polar surface area (TPSA) is 88.4 Å². The van der Waals surface area contributed by atoms with Crippen LogP contribution in [0.4, 0.5) is 0 Å². The number of nitrogens with zero attached hydrogens (tertiary/aromatic N) is 5. The molecule has 4 rings (SSSR count). The average Bonchev–Trinajstić information content (AvgIpc) is 3.43. The van der Waals surface area contributed by atoms with Crippen LogP contribution in [-0.2, 0) is 10.0 Å². The van der Waals surface area contributed by atoms with E-state index in [2.05, 4.69) is 10.2 Å². The van der Waals surface area contributed by atoms with Crippen molar-refractivity contribution in [1.29, 1.82) is 0 Å². The van der Waals surface area contributed by atoms with Crippen molar-refractivity contribution in [2.24, 2.45) is 0 Å². The Morgan fingerprint density at radius 2 is 1.73 bits per heavy atom. The first kappa shape index (κ1) is 17.6. The molecule has 0 radical (unpaired) electrons. The van der Waals surface area contributed by atoms with Gasteiger partial charge in [-0.05, 0) is 37.1 Å². The SMILES string of the molecule is O=C(c1sccc1S(=O)(=O)N1CCCC1)N1CCC(n2cnnc2)CC1. The number of hydrogen-bond donors (Lipinski definition) is 0. The number of carbonyl (C=O) groups is 1. The van der Waals surface area contributed by atoms with E-state index in [4.69, 9.17) is 0 Å². The maximum atomic E-state index is 13.0. The second-order valence-electron chi connectivity index (χ2n) is 6.66. The summed E-state index contributed by atoms with van der Waals surface area (Å²) in [7, 11) is -3.58. The van der Waals surface area contributed by atoms with E-state index in [9.17, 15) is 13.2 Å². The van der Waals surface area contributed by atoms with Gasteiger partial charge in [0.2, 0.25) is 10.0 Å². The summed E-state index contributed by atoms with van der Waals surface area (Å²) < 4.78 is 29.2. The Labute approximate surface area is 156 Å². The Morgan fingerprint density at radius 1 is 1.08 bits per heavy atom. The fraction of sp³-hybridized carbons (Fsp3) is 0.562. The van der Waals surface area contributed by atoms with Crippen LogP contribution in [0.15, 0.2) is 29.0 Å². The third kappa shape index (κ3) is 3.17. The highest BCUT2D eigenvalue weighted by Gasteiger charge is 2.34. The van der Waals surface area contributed by atoms with Gasteiger partial charge in [-0.2, -0.15) is 4.31 Å². The second-order valence-corrected chi connectivity index (χ2v) is 9.48. The van der Waals surface area contributed by atoms with Gasteiger partial charge in [-0.1, -0.05) is 0 Å². The smallest absolute Gasteiger partial charge is 0.265 e. The highest BCUT2D eigenvalue weighted by Crippen LogP contribution is 2.30. The molecular formula is C16H21N5O3S2.